The van der Waals surface area contributed by atoms with Gasteiger partial charge in [-0.05, 0) is 69.5 Å². The Bertz CT molecular complexity index is 914. The van der Waals surface area contributed by atoms with Crippen LogP contribution in [0.4, 0.5) is 0 Å². The molecule has 0 atom stereocenters. The molecule has 0 saturated heterocycles. The molecule has 6 nitrogen and oxygen atoms in total. The minimum atomic E-state index is -3.75. The number of aryl methyl sites for hydroxylation is 3. The minimum absolute atomic E-state index is 0.256. The Hall–Kier alpha value is -2.54. The predicted molar refractivity (Wildman–Crippen MR) is 107 cm³/mol. The molecule has 0 fully saturated rings. The molecule has 0 saturated carbocycles. The van der Waals surface area contributed by atoms with Crippen LogP contribution in [0.5, 0.6) is 11.5 Å². The minimum Gasteiger partial charge on any atom is -0.490 e. The van der Waals surface area contributed by atoms with E-state index in [0.717, 1.165) is 5.56 Å². The van der Waals surface area contributed by atoms with Crippen LogP contribution in [0.3, 0.4) is 0 Å². The highest BCUT2D eigenvalue weighted by atomic mass is 32.2. The second kappa shape index (κ2) is 8.90. The summed E-state index contributed by atoms with van der Waals surface area (Å²) in [6, 6.07) is 9.00. The van der Waals surface area contributed by atoms with Crippen LogP contribution in [-0.4, -0.2) is 27.8 Å². The molecule has 146 valence electrons. The first kappa shape index (κ1) is 20.8. The number of nitrogens with one attached hydrogen (secondary N) is 1. The summed E-state index contributed by atoms with van der Waals surface area (Å²) in [5.41, 5.74) is 3.09. The molecule has 2 rings (SSSR count). The van der Waals surface area contributed by atoms with Crippen molar-refractivity contribution < 1.29 is 17.9 Å². The van der Waals surface area contributed by atoms with E-state index in [4.69, 9.17) is 9.47 Å². The molecule has 27 heavy (non-hydrogen) atoms. The quantitative estimate of drug-likeness (QED) is 0.550. The van der Waals surface area contributed by atoms with Crippen LogP contribution in [0.15, 0.2) is 40.3 Å². The maximum atomic E-state index is 12.6. The van der Waals surface area contributed by atoms with Gasteiger partial charge in [0.2, 0.25) is 0 Å². The fraction of sp³-hybridized carbons (Fsp3) is 0.350. The highest BCUT2D eigenvalue weighted by molar-refractivity contribution is 7.89. The van der Waals surface area contributed by atoms with Gasteiger partial charge >= 0.3 is 0 Å². The zero-order chi connectivity index (χ0) is 20.0. The number of sulfonamides is 1. The first-order chi connectivity index (χ1) is 12.8. The Morgan fingerprint density at radius 2 is 1.56 bits per heavy atom. The number of hydrazone groups is 1. The van der Waals surface area contributed by atoms with Crippen LogP contribution in [0.1, 0.15) is 36.1 Å². The van der Waals surface area contributed by atoms with Crippen molar-refractivity contribution in [2.24, 2.45) is 5.10 Å². The second-order valence-corrected chi connectivity index (χ2v) is 7.75. The van der Waals surface area contributed by atoms with Gasteiger partial charge in [-0.2, -0.15) is 13.5 Å². The highest BCUT2D eigenvalue weighted by Crippen LogP contribution is 2.28. The predicted octanol–water partition coefficient (Wildman–Crippen LogP) is 3.72. The molecule has 0 heterocycles. The number of hydrogen-bond acceptors (Lipinski definition) is 5. The van der Waals surface area contributed by atoms with Gasteiger partial charge in [0.05, 0.1) is 24.3 Å². The molecule has 0 aliphatic rings. The lowest BCUT2D eigenvalue weighted by molar-refractivity contribution is 0.288. The van der Waals surface area contributed by atoms with E-state index in [2.05, 4.69) is 9.93 Å². The van der Waals surface area contributed by atoms with Crippen molar-refractivity contribution >= 4 is 16.2 Å². The van der Waals surface area contributed by atoms with Gasteiger partial charge < -0.3 is 9.47 Å². The van der Waals surface area contributed by atoms with Gasteiger partial charge in [-0.3, -0.25) is 0 Å². The molecule has 0 spiro atoms. The van der Waals surface area contributed by atoms with E-state index < -0.39 is 10.0 Å². The van der Waals surface area contributed by atoms with E-state index in [1.54, 1.807) is 32.0 Å². The van der Waals surface area contributed by atoms with Crippen molar-refractivity contribution in [1.82, 2.24) is 4.83 Å². The van der Waals surface area contributed by atoms with E-state index in [1.807, 2.05) is 32.9 Å². The maximum absolute atomic E-state index is 12.6. The SMILES string of the molecule is CCOc1ccc(/C=N/NS(=O)(=O)c2c(C)cc(C)cc2C)cc1OCC. The average molecular weight is 391 g/mol. The first-order valence-electron chi connectivity index (χ1n) is 8.80. The van der Waals surface area contributed by atoms with Crippen LogP contribution in [0, 0.1) is 20.8 Å². The Kier molecular flexibility index (Phi) is 6.85. The molecule has 0 aromatic heterocycles. The Labute approximate surface area is 161 Å². The molecule has 2 aromatic carbocycles. The van der Waals surface area contributed by atoms with Gasteiger partial charge in [0.1, 0.15) is 0 Å². The molecule has 0 radical (unpaired) electrons. The number of nitrogens with zero attached hydrogens (tertiary/aromatic N) is 1. The van der Waals surface area contributed by atoms with E-state index in [1.165, 1.54) is 6.21 Å². The standard InChI is InChI=1S/C20H26N2O4S/c1-6-25-18-9-8-17(12-19(18)26-7-2)13-21-22-27(23,24)20-15(4)10-14(3)11-16(20)5/h8-13,22H,6-7H2,1-5H3/b21-13+. The maximum Gasteiger partial charge on any atom is 0.277 e. The Morgan fingerprint density at radius 3 is 2.15 bits per heavy atom. The summed E-state index contributed by atoms with van der Waals surface area (Å²) in [6.45, 7) is 10.3. The third kappa shape index (κ3) is 5.23. The number of hydrogen-bond donors (Lipinski definition) is 1. The van der Waals surface area contributed by atoms with Crippen LogP contribution < -0.4 is 14.3 Å². The lowest BCUT2D eigenvalue weighted by atomic mass is 10.1. The smallest absolute Gasteiger partial charge is 0.277 e. The fourth-order valence-electron chi connectivity index (χ4n) is 2.95. The molecule has 0 bridgehead atoms. The summed E-state index contributed by atoms with van der Waals surface area (Å²) in [6.07, 6.45) is 1.44. The molecule has 7 heteroatoms. The van der Waals surface area contributed by atoms with Gasteiger partial charge in [0.15, 0.2) is 11.5 Å². The van der Waals surface area contributed by atoms with Crippen LogP contribution in [0.2, 0.25) is 0 Å². The molecule has 1 N–H and O–H groups in total. The summed E-state index contributed by atoms with van der Waals surface area (Å²) in [5, 5.41) is 3.91. The second-order valence-electron chi connectivity index (χ2n) is 6.15. The van der Waals surface area contributed by atoms with Gasteiger partial charge in [-0.25, -0.2) is 4.83 Å². The van der Waals surface area contributed by atoms with Gasteiger partial charge in [0.25, 0.3) is 10.0 Å². The summed E-state index contributed by atoms with van der Waals surface area (Å²) in [5.74, 6) is 1.24. The van der Waals surface area contributed by atoms with Crippen molar-refractivity contribution in [2.75, 3.05) is 13.2 Å². The summed E-state index contributed by atoms with van der Waals surface area (Å²) in [7, 11) is -3.75. The lowest BCUT2D eigenvalue weighted by Gasteiger charge is -2.12. The molecular weight excluding hydrogens is 364 g/mol. The molecule has 0 aliphatic heterocycles. The van der Waals surface area contributed by atoms with E-state index in [-0.39, 0.29) is 4.90 Å². The lowest BCUT2D eigenvalue weighted by Crippen LogP contribution is -2.20. The normalized spacial score (nSPS) is 11.6. The first-order valence-corrected chi connectivity index (χ1v) is 10.3. The van der Waals surface area contributed by atoms with Crippen LogP contribution in [0.25, 0.3) is 0 Å². The van der Waals surface area contributed by atoms with Crippen molar-refractivity contribution in [1.29, 1.82) is 0 Å². The molecule has 0 amide bonds. The highest BCUT2D eigenvalue weighted by Gasteiger charge is 2.19. The van der Waals surface area contributed by atoms with E-state index >= 15 is 0 Å². The molecular formula is C20H26N2O4S. The monoisotopic (exact) mass is 390 g/mol. The van der Waals surface area contributed by atoms with Crippen LogP contribution >= 0.6 is 0 Å². The largest absolute Gasteiger partial charge is 0.490 e. The fourth-order valence-corrected chi connectivity index (χ4v) is 4.20. The molecule has 2 aromatic rings. The van der Waals surface area contributed by atoms with E-state index in [0.29, 0.717) is 41.4 Å². The topological polar surface area (TPSA) is 77.0 Å². The van der Waals surface area contributed by atoms with Crippen molar-refractivity contribution in [3.05, 3.63) is 52.6 Å². The third-order valence-corrected chi connectivity index (χ3v) is 5.35. The van der Waals surface area contributed by atoms with Crippen molar-refractivity contribution in [3.63, 3.8) is 0 Å². The Morgan fingerprint density at radius 1 is 0.963 bits per heavy atom. The number of rotatable bonds is 8. The Balaban J connectivity index is 2.23. The third-order valence-electron chi connectivity index (χ3n) is 3.83. The van der Waals surface area contributed by atoms with Crippen molar-refractivity contribution in [3.8, 4) is 11.5 Å². The molecule has 0 unspecified atom stereocenters. The van der Waals surface area contributed by atoms with Gasteiger partial charge in [-0.1, -0.05) is 17.7 Å². The summed E-state index contributed by atoms with van der Waals surface area (Å²) < 4.78 is 36.3. The summed E-state index contributed by atoms with van der Waals surface area (Å²) in [4.78, 5) is 2.54. The number of benzene rings is 2. The van der Waals surface area contributed by atoms with Crippen LogP contribution in [-0.2, 0) is 10.0 Å². The molecule has 0 aliphatic carbocycles. The van der Waals surface area contributed by atoms with Crippen molar-refractivity contribution in [2.45, 2.75) is 39.5 Å². The zero-order valence-electron chi connectivity index (χ0n) is 16.4. The van der Waals surface area contributed by atoms with E-state index in [9.17, 15) is 8.42 Å². The zero-order valence-corrected chi connectivity index (χ0v) is 17.2. The number of ether oxygens (including phenoxy) is 2. The summed E-state index contributed by atoms with van der Waals surface area (Å²) >= 11 is 0. The van der Waals surface area contributed by atoms with Gasteiger partial charge in [0, 0.05) is 0 Å². The average Bonchev–Trinajstić information content (AvgIpc) is 2.56. The van der Waals surface area contributed by atoms with Gasteiger partial charge in [-0.15, -0.1) is 0 Å².